The molecule has 4 heterocycles. The molecule has 0 aliphatic carbocycles. The fourth-order valence-electron chi connectivity index (χ4n) is 4.79. The van der Waals surface area contributed by atoms with E-state index in [4.69, 9.17) is 9.15 Å². The van der Waals surface area contributed by atoms with Crippen LogP contribution in [0.15, 0.2) is 28.9 Å². The van der Waals surface area contributed by atoms with Gasteiger partial charge in [-0.15, -0.1) is 0 Å². The number of carbonyl (C=O) groups is 2. The highest BCUT2D eigenvalue weighted by Gasteiger charge is 2.43. The first-order valence-electron chi connectivity index (χ1n) is 11.7. The number of aromatic nitrogens is 2. The number of furan rings is 1. The molecule has 2 aromatic rings. The second-order valence-corrected chi connectivity index (χ2v) is 9.38. The Labute approximate surface area is 189 Å². The van der Waals surface area contributed by atoms with Crippen LogP contribution >= 0.6 is 0 Å². The van der Waals surface area contributed by atoms with Crippen molar-refractivity contribution in [2.45, 2.75) is 71.1 Å². The van der Waals surface area contributed by atoms with Gasteiger partial charge in [0.1, 0.15) is 5.69 Å². The van der Waals surface area contributed by atoms with Crippen molar-refractivity contribution in [3.8, 4) is 0 Å². The van der Waals surface area contributed by atoms with Gasteiger partial charge >= 0.3 is 0 Å². The standard InChI is InChI=1S/C24H34N4O4/c1-4-28-20(15-18(26-28)14-17(2)3)23(30)27-11-9-24(10-12-27)8-7-19(32-24)16-25-22(29)21-6-5-13-31-21/h5-6,13,15,17,19H,4,7-12,14,16H2,1-3H3,(H,25,29). The first-order chi connectivity index (χ1) is 15.4. The Balaban J connectivity index is 1.30. The highest BCUT2D eigenvalue weighted by atomic mass is 16.5. The predicted molar refractivity (Wildman–Crippen MR) is 119 cm³/mol. The van der Waals surface area contributed by atoms with Gasteiger partial charge in [-0.3, -0.25) is 14.3 Å². The lowest BCUT2D eigenvalue weighted by Crippen LogP contribution is -2.47. The molecule has 2 saturated heterocycles. The first kappa shape index (κ1) is 22.6. The molecule has 2 aliphatic heterocycles. The summed E-state index contributed by atoms with van der Waals surface area (Å²) in [4.78, 5) is 27.2. The van der Waals surface area contributed by atoms with Crippen molar-refractivity contribution in [2.75, 3.05) is 19.6 Å². The smallest absolute Gasteiger partial charge is 0.287 e. The monoisotopic (exact) mass is 442 g/mol. The van der Waals surface area contributed by atoms with E-state index in [9.17, 15) is 9.59 Å². The zero-order chi connectivity index (χ0) is 22.7. The molecule has 1 unspecified atom stereocenters. The number of aryl methyl sites for hydroxylation is 1. The van der Waals surface area contributed by atoms with Crippen molar-refractivity contribution in [3.63, 3.8) is 0 Å². The molecule has 2 aromatic heterocycles. The van der Waals surface area contributed by atoms with Crippen LogP contribution in [0.25, 0.3) is 0 Å². The van der Waals surface area contributed by atoms with Crippen molar-refractivity contribution in [1.82, 2.24) is 20.0 Å². The number of rotatable bonds is 7. The molecule has 1 spiro atoms. The fraction of sp³-hybridized carbons (Fsp3) is 0.625. The third-order valence-corrected chi connectivity index (χ3v) is 6.50. The Morgan fingerprint density at radius 2 is 2.06 bits per heavy atom. The van der Waals surface area contributed by atoms with Gasteiger partial charge in [0.15, 0.2) is 5.76 Å². The Morgan fingerprint density at radius 1 is 1.28 bits per heavy atom. The maximum atomic E-state index is 13.2. The number of amides is 2. The quantitative estimate of drug-likeness (QED) is 0.711. The number of nitrogens with one attached hydrogen (secondary N) is 1. The number of nitrogens with zero attached hydrogens (tertiary/aromatic N) is 3. The van der Waals surface area contributed by atoms with Crippen molar-refractivity contribution < 1.29 is 18.7 Å². The largest absolute Gasteiger partial charge is 0.459 e. The van der Waals surface area contributed by atoms with Crippen LogP contribution in [0.4, 0.5) is 0 Å². The van der Waals surface area contributed by atoms with Crippen molar-refractivity contribution in [1.29, 1.82) is 0 Å². The number of carbonyl (C=O) groups excluding carboxylic acids is 2. The van der Waals surface area contributed by atoms with Crippen molar-refractivity contribution in [3.05, 3.63) is 41.6 Å². The van der Waals surface area contributed by atoms with Crippen LogP contribution in [-0.2, 0) is 17.7 Å². The van der Waals surface area contributed by atoms with E-state index in [1.165, 1.54) is 6.26 Å². The summed E-state index contributed by atoms with van der Waals surface area (Å²) in [6.07, 6.45) is 5.87. The van der Waals surface area contributed by atoms with Gasteiger partial charge in [-0.1, -0.05) is 13.8 Å². The van der Waals surface area contributed by atoms with Gasteiger partial charge in [-0.05, 0) is 63.1 Å². The van der Waals surface area contributed by atoms with Crippen LogP contribution in [0.5, 0.6) is 0 Å². The number of hydrogen-bond donors (Lipinski definition) is 1. The summed E-state index contributed by atoms with van der Waals surface area (Å²) >= 11 is 0. The predicted octanol–water partition coefficient (Wildman–Crippen LogP) is 3.28. The van der Waals surface area contributed by atoms with Crippen LogP contribution in [0, 0.1) is 5.92 Å². The molecule has 0 radical (unpaired) electrons. The van der Waals surface area contributed by atoms with Gasteiger partial charge < -0.3 is 19.4 Å². The number of likely N-dealkylation sites (tertiary alicyclic amines) is 1. The first-order valence-corrected chi connectivity index (χ1v) is 11.7. The van der Waals surface area contributed by atoms with E-state index >= 15 is 0 Å². The molecule has 2 fully saturated rings. The molecule has 174 valence electrons. The second kappa shape index (κ2) is 9.48. The van der Waals surface area contributed by atoms with E-state index in [1.807, 2.05) is 22.6 Å². The molecule has 8 heteroatoms. The molecule has 32 heavy (non-hydrogen) atoms. The maximum Gasteiger partial charge on any atom is 0.287 e. The summed E-state index contributed by atoms with van der Waals surface area (Å²) in [6, 6.07) is 5.30. The molecule has 8 nitrogen and oxygen atoms in total. The zero-order valence-electron chi connectivity index (χ0n) is 19.3. The van der Waals surface area contributed by atoms with Gasteiger partial charge in [0.2, 0.25) is 0 Å². The molecule has 1 atom stereocenters. The maximum absolute atomic E-state index is 13.2. The average molecular weight is 443 g/mol. The third-order valence-electron chi connectivity index (χ3n) is 6.50. The van der Waals surface area contributed by atoms with E-state index in [1.54, 1.807) is 12.1 Å². The van der Waals surface area contributed by atoms with Crippen LogP contribution in [0.1, 0.15) is 73.2 Å². The minimum Gasteiger partial charge on any atom is -0.459 e. The lowest BCUT2D eigenvalue weighted by atomic mass is 9.88. The minimum absolute atomic E-state index is 0.00345. The second-order valence-electron chi connectivity index (χ2n) is 9.38. The normalized spacial score (nSPS) is 20.2. The molecule has 1 N–H and O–H groups in total. The summed E-state index contributed by atoms with van der Waals surface area (Å²) in [7, 11) is 0. The van der Waals surface area contributed by atoms with Gasteiger partial charge in [-0.25, -0.2) is 0 Å². The number of hydrogen-bond acceptors (Lipinski definition) is 5. The van der Waals surface area contributed by atoms with Gasteiger partial charge in [0, 0.05) is 26.2 Å². The minimum atomic E-state index is -0.218. The average Bonchev–Trinajstić information content (AvgIpc) is 3.52. The van der Waals surface area contributed by atoms with Gasteiger partial charge in [-0.2, -0.15) is 5.10 Å². The van der Waals surface area contributed by atoms with Crippen molar-refractivity contribution in [2.24, 2.45) is 5.92 Å². The van der Waals surface area contributed by atoms with Crippen LogP contribution in [-0.4, -0.2) is 57.8 Å². The summed E-state index contributed by atoms with van der Waals surface area (Å²) in [5.74, 6) is 0.658. The van der Waals surface area contributed by atoms with E-state index in [-0.39, 0.29) is 23.5 Å². The SMILES string of the molecule is CCn1nc(CC(C)C)cc1C(=O)N1CCC2(CCC(CNC(=O)c3ccco3)O2)CC1. The highest BCUT2D eigenvalue weighted by Crippen LogP contribution is 2.39. The van der Waals surface area contributed by atoms with E-state index in [0.29, 0.717) is 43.6 Å². The van der Waals surface area contributed by atoms with E-state index in [2.05, 4.69) is 24.3 Å². The molecule has 0 aromatic carbocycles. The van der Waals surface area contributed by atoms with Crippen LogP contribution < -0.4 is 5.32 Å². The Kier molecular flexibility index (Phi) is 6.69. The molecule has 2 amide bonds. The molecular formula is C24H34N4O4. The Morgan fingerprint density at radius 3 is 2.72 bits per heavy atom. The molecule has 0 saturated carbocycles. The van der Waals surface area contributed by atoms with Crippen LogP contribution in [0.2, 0.25) is 0 Å². The van der Waals surface area contributed by atoms with Crippen LogP contribution in [0.3, 0.4) is 0 Å². The summed E-state index contributed by atoms with van der Waals surface area (Å²) < 4.78 is 13.3. The summed E-state index contributed by atoms with van der Waals surface area (Å²) in [5, 5.41) is 7.52. The molecule has 4 rings (SSSR count). The Hall–Kier alpha value is -2.61. The van der Waals surface area contributed by atoms with E-state index in [0.717, 1.165) is 37.8 Å². The van der Waals surface area contributed by atoms with Crippen molar-refractivity contribution >= 4 is 11.8 Å². The van der Waals surface area contributed by atoms with Gasteiger partial charge in [0.25, 0.3) is 11.8 Å². The summed E-state index contributed by atoms with van der Waals surface area (Å²) in [6.45, 7) is 8.86. The lowest BCUT2D eigenvalue weighted by Gasteiger charge is -2.39. The van der Waals surface area contributed by atoms with Gasteiger partial charge in [0.05, 0.1) is 23.7 Å². The highest BCUT2D eigenvalue weighted by molar-refractivity contribution is 5.93. The fourth-order valence-corrected chi connectivity index (χ4v) is 4.79. The van der Waals surface area contributed by atoms with E-state index < -0.39 is 0 Å². The zero-order valence-corrected chi connectivity index (χ0v) is 19.3. The lowest BCUT2D eigenvalue weighted by molar-refractivity contribution is -0.0713. The molecule has 0 bridgehead atoms. The summed E-state index contributed by atoms with van der Waals surface area (Å²) in [5.41, 5.74) is 1.48. The Bertz CT molecular complexity index is 926. The molecular weight excluding hydrogens is 408 g/mol. The molecule has 2 aliphatic rings. The number of piperidine rings is 1. The third kappa shape index (κ3) is 4.90. The number of ether oxygens (including phenoxy) is 1. The topological polar surface area (TPSA) is 89.6 Å².